The Morgan fingerprint density at radius 3 is 2.78 bits per heavy atom. The van der Waals surface area contributed by atoms with E-state index >= 15 is 0 Å². The van der Waals surface area contributed by atoms with Gasteiger partial charge in [0.2, 0.25) is 0 Å². The van der Waals surface area contributed by atoms with Gasteiger partial charge in [-0.2, -0.15) is 0 Å². The highest BCUT2D eigenvalue weighted by molar-refractivity contribution is 9.10. The number of benzene rings is 1. The van der Waals surface area contributed by atoms with E-state index in [0.29, 0.717) is 11.3 Å². The van der Waals surface area contributed by atoms with Gasteiger partial charge >= 0.3 is 5.97 Å². The highest BCUT2D eigenvalue weighted by Crippen LogP contribution is 2.32. The van der Waals surface area contributed by atoms with Crippen LogP contribution in [0.1, 0.15) is 10.4 Å². The number of ether oxygens (including phenoxy) is 1. The molecule has 1 N–H and O–H groups in total. The number of hydrogen-bond donors (Lipinski definition) is 1. The number of carboxylic acid groups (broad SMARTS) is 1. The van der Waals surface area contributed by atoms with Gasteiger partial charge in [0.1, 0.15) is 5.75 Å². The van der Waals surface area contributed by atoms with Crippen molar-refractivity contribution in [1.82, 2.24) is 4.98 Å². The summed E-state index contributed by atoms with van der Waals surface area (Å²) in [4.78, 5) is 14.9. The fraction of sp³-hybridized carbons (Fsp3) is 0.0769. The molecule has 0 atom stereocenters. The minimum absolute atomic E-state index is 0.148. The van der Waals surface area contributed by atoms with Crippen molar-refractivity contribution < 1.29 is 14.6 Å². The van der Waals surface area contributed by atoms with E-state index < -0.39 is 5.97 Å². The molecular formula is C13H10BrNO3. The lowest BCUT2D eigenvalue weighted by Gasteiger charge is -2.09. The van der Waals surface area contributed by atoms with Crippen molar-refractivity contribution in [2.75, 3.05) is 7.11 Å². The molecule has 4 nitrogen and oxygen atoms in total. The van der Waals surface area contributed by atoms with Crippen molar-refractivity contribution in [3.63, 3.8) is 0 Å². The Hall–Kier alpha value is -1.88. The van der Waals surface area contributed by atoms with Gasteiger partial charge in [-0.05, 0) is 24.3 Å². The van der Waals surface area contributed by atoms with Crippen LogP contribution >= 0.6 is 15.9 Å². The van der Waals surface area contributed by atoms with Crippen LogP contribution in [0.25, 0.3) is 11.1 Å². The number of nitrogens with zero attached hydrogens (tertiary/aromatic N) is 1. The lowest BCUT2D eigenvalue weighted by atomic mass is 10.1. The van der Waals surface area contributed by atoms with Gasteiger partial charge in [-0.3, -0.25) is 4.98 Å². The summed E-state index contributed by atoms with van der Waals surface area (Å²) in [6, 6.07) is 7.10. The molecule has 5 heteroatoms. The maximum atomic E-state index is 10.9. The van der Waals surface area contributed by atoms with Crippen molar-refractivity contribution in [2.45, 2.75) is 0 Å². The fourth-order valence-corrected chi connectivity index (χ4v) is 1.97. The van der Waals surface area contributed by atoms with Gasteiger partial charge in [-0.1, -0.05) is 15.9 Å². The Morgan fingerprint density at radius 2 is 2.11 bits per heavy atom. The van der Waals surface area contributed by atoms with E-state index in [2.05, 4.69) is 20.9 Å². The van der Waals surface area contributed by atoms with Crippen LogP contribution in [-0.4, -0.2) is 23.2 Å². The first-order chi connectivity index (χ1) is 8.61. The smallest absolute Gasteiger partial charge is 0.337 e. The summed E-state index contributed by atoms with van der Waals surface area (Å²) in [7, 11) is 1.57. The van der Waals surface area contributed by atoms with Crippen LogP contribution in [0.5, 0.6) is 5.75 Å². The molecular weight excluding hydrogens is 298 g/mol. The molecule has 2 aromatic rings. The molecule has 0 unspecified atom stereocenters. The zero-order valence-corrected chi connectivity index (χ0v) is 11.1. The summed E-state index contributed by atoms with van der Waals surface area (Å²) >= 11 is 3.38. The van der Waals surface area contributed by atoms with Crippen molar-refractivity contribution in [3.8, 4) is 16.9 Å². The van der Waals surface area contributed by atoms with Gasteiger partial charge in [0, 0.05) is 28.0 Å². The monoisotopic (exact) mass is 307 g/mol. The first kappa shape index (κ1) is 12.6. The maximum absolute atomic E-state index is 10.9. The average molecular weight is 308 g/mol. The molecule has 0 saturated heterocycles. The second-order valence-electron chi connectivity index (χ2n) is 3.61. The van der Waals surface area contributed by atoms with Crippen molar-refractivity contribution in [1.29, 1.82) is 0 Å². The summed E-state index contributed by atoms with van der Waals surface area (Å²) < 4.78 is 6.15. The minimum atomic E-state index is -1.00. The molecule has 0 aliphatic heterocycles. The van der Waals surface area contributed by atoms with Crippen LogP contribution in [0.3, 0.4) is 0 Å². The van der Waals surface area contributed by atoms with Crippen LogP contribution in [0.15, 0.2) is 41.1 Å². The molecule has 92 valence electrons. The van der Waals surface area contributed by atoms with E-state index in [-0.39, 0.29) is 5.56 Å². The average Bonchev–Trinajstić information content (AvgIpc) is 2.39. The Labute approximate surface area is 112 Å². The minimum Gasteiger partial charge on any atom is -0.496 e. The summed E-state index contributed by atoms with van der Waals surface area (Å²) in [5, 5.41) is 8.96. The van der Waals surface area contributed by atoms with E-state index in [4.69, 9.17) is 9.84 Å². The summed E-state index contributed by atoms with van der Waals surface area (Å²) in [6.07, 6.45) is 2.92. The number of pyridine rings is 1. The molecule has 2 rings (SSSR count). The molecule has 0 aliphatic carbocycles. The topological polar surface area (TPSA) is 59.4 Å². The highest BCUT2D eigenvalue weighted by atomic mass is 79.9. The summed E-state index contributed by atoms with van der Waals surface area (Å²) in [6.45, 7) is 0. The van der Waals surface area contributed by atoms with E-state index in [1.165, 1.54) is 6.20 Å². The Morgan fingerprint density at radius 1 is 1.33 bits per heavy atom. The zero-order chi connectivity index (χ0) is 13.1. The lowest BCUT2D eigenvalue weighted by Crippen LogP contribution is -1.98. The van der Waals surface area contributed by atoms with Crippen LogP contribution < -0.4 is 4.74 Å². The molecule has 0 spiro atoms. The zero-order valence-electron chi connectivity index (χ0n) is 9.55. The van der Waals surface area contributed by atoms with Gasteiger partial charge in [0.15, 0.2) is 0 Å². The SMILES string of the molecule is COc1ccc(Br)cc1-c1cncc(C(=O)O)c1. The second-order valence-corrected chi connectivity index (χ2v) is 4.53. The number of carbonyl (C=O) groups is 1. The predicted octanol–water partition coefficient (Wildman–Crippen LogP) is 3.22. The summed E-state index contributed by atoms with van der Waals surface area (Å²) in [5.41, 5.74) is 1.64. The number of halogens is 1. The number of carboxylic acids is 1. The molecule has 0 amide bonds. The normalized spacial score (nSPS) is 10.1. The third-order valence-electron chi connectivity index (χ3n) is 2.46. The molecule has 1 aromatic carbocycles. The molecule has 0 fully saturated rings. The highest BCUT2D eigenvalue weighted by Gasteiger charge is 2.10. The van der Waals surface area contributed by atoms with Gasteiger partial charge in [0.05, 0.1) is 12.7 Å². The summed E-state index contributed by atoms with van der Waals surface area (Å²) in [5.74, 6) is -0.333. The van der Waals surface area contributed by atoms with E-state index in [1.54, 1.807) is 19.4 Å². The second kappa shape index (κ2) is 5.18. The van der Waals surface area contributed by atoms with Gasteiger partial charge < -0.3 is 9.84 Å². The number of aromatic nitrogens is 1. The van der Waals surface area contributed by atoms with Crippen molar-refractivity contribution >= 4 is 21.9 Å². The third kappa shape index (κ3) is 2.51. The molecule has 0 bridgehead atoms. The largest absolute Gasteiger partial charge is 0.496 e. The van der Waals surface area contributed by atoms with E-state index in [9.17, 15) is 4.79 Å². The van der Waals surface area contributed by atoms with Crippen LogP contribution in [0, 0.1) is 0 Å². The van der Waals surface area contributed by atoms with E-state index in [0.717, 1.165) is 10.0 Å². The standard InChI is InChI=1S/C13H10BrNO3/c1-18-12-3-2-10(14)5-11(12)8-4-9(13(16)17)7-15-6-8/h2-7H,1H3,(H,16,17). The number of aromatic carboxylic acids is 1. The maximum Gasteiger partial charge on any atom is 0.337 e. The fourth-order valence-electron chi connectivity index (χ4n) is 1.61. The Kier molecular flexibility index (Phi) is 3.62. The predicted molar refractivity (Wildman–Crippen MR) is 70.9 cm³/mol. The third-order valence-corrected chi connectivity index (χ3v) is 2.95. The van der Waals surface area contributed by atoms with Gasteiger partial charge in [-0.15, -0.1) is 0 Å². The molecule has 1 heterocycles. The Bertz CT molecular complexity index is 599. The van der Waals surface area contributed by atoms with Crippen molar-refractivity contribution in [2.24, 2.45) is 0 Å². The van der Waals surface area contributed by atoms with Crippen LogP contribution in [-0.2, 0) is 0 Å². The van der Waals surface area contributed by atoms with Crippen molar-refractivity contribution in [3.05, 3.63) is 46.7 Å². The molecule has 0 aliphatic rings. The first-order valence-electron chi connectivity index (χ1n) is 5.14. The van der Waals surface area contributed by atoms with Gasteiger partial charge in [-0.25, -0.2) is 4.79 Å². The quantitative estimate of drug-likeness (QED) is 0.946. The molecule has 0 saturated carbocycles. The van der Waals surface area contributed by atoms with Crippen LogP contribution in [0.4, 0.5) is 0 Å². The van der Waals surface area contributed by atoms with Crippen LogP contribution in [0.2, 0.25) is 0 Å². The Balaban J connectivity index is 2.57. The number of hydrogen-bond acceptors (Lipinski definition) is 3. The number of rotatable bonds is 3. The van der Waals surface area contributed by atoms with E-state index in [1.807, 2.05) is 18.2 Å². The number of methoxy groups -OCH3 is 1. The molecule has 18 heavy (non-hydrogen) atoms. The molecule has 1 aromatic heterocycles. The lowest BCUT2D eigenvalue weighted by molar-refractivity contribution is 0.0696. The first-order valence-corrected chi connectivity index (χ1v) is 5.93. The van der Waals surface area contributed by atoms with Gasteiger partial charge in [0.25, 0.3) is 0 Å². The molecule has 0 radical (unpaired) electrons.